The van der Waals surface area contributed by atoms with Crippen molar-refractivity contribution in [1.29, 1.82) is 5.26 Å². The molecule has 1 atom stereocenters. The first-order chi connectivity index (χ1) is 15.8. The van der Waals surface area contributed by atoms with Gasteiger partial charge < -0.3 is 10.5 Å². The standard InChI is InChI=1S/C26H23N3O3S/c1-4-32-26(31)22-21(18-11-7-16(3)8-12-18)19(14-27)23(28)29-24(30)20(33-25(22)29)13-17-9-5-15(2)6-10-17/h5-13,21H,4,28H2,1-3H3/b20-13+/t21-/m0/s1. The molecule has 1 aliphatic rings. The third-order valence-corrected chi connectivity index (χ3v) is 6.66. The van der Waals surface area contributed by atoms with Gasteiger partial charge in [-0.3, -0.25) is 9.36 Å². The van der Waals surface area contributed by atoms with Crippen LogP contribution in [0, 0.1) is 25.2 Å². The fourth-order valence-electron chi connectivity index (χ4n) is 3.86. The number of hydrogen-bond donors (Lipinski definition) is 1. The molecule has 2 N–H and O–H groups in total. The van der Waals surface area contributed by atoms with Crippen LogP contribution in [0.3, 0.4) is 0 Å². The third kappa shape index (κ3) is 4.01. The minimum atomic E-state index is -0.722. The Morgan fingerprint density at radius 3 is 2.33 bits per heavy atom. The predicted octanol–water partition coefficient (Wildman–Crippen LogP) is 2.52. The monoisotopic (exact) mass is 457 g/mol. The van der Waals surface area contributed by atoms with Crippen molar-refractivity contribution in [3.8, 4) is 6.07 Å². The van der Waals surface area contributed by atoms with Crippen LogP contribution in [0.2, 0.25) is 0 Å². The number of fused-ring (bicyclic) bond motifs is 1. The van der Waals surface area contributed by atoms with Gasteiger partial charge in [-0.25, -0.2) is 4.79 Å². The molecule has 166 valence electrons. The Morgan fingerprint density at radius 1 is 1.15 bits per heavy atom. The Labute approximate surface area is 195 Å². The maximum Gasteiger partial charge on any atom is 0.338 e. The van der Waals surface area contributed by atoms with Gasteiger partial charge >= 0.3 is 5.97 Å². The van der Waals surface area contributed by atoms with Gasteiger partial charge in [0.2, 0.25) is 0 Å². The summed E-state index contributed by atoms with van der Waals surface area (Å²) in [5.41, 5.74) is 10.1. The molecule has 0 radical (unpaired) electrons. The van der Waals surface area contributed by atoms with Gasteiger partial charge in [-0.05, 0) is 38.0 Å². The lowest BCUT2D eigenvalue weighted by molar-refractivity contribution is -0.136. The molecule has 33 heavy (non-hydrogen) atoms. The van der Waals surface area contributed by atoms with Crippen molar-refractivity contribution in [1.82, 2.24) is 4.57 Å². The van der Waals surface area contributed by atoms with E-state index >= 15 is 0 Å². The number of carbonyl (C=O) groups excluding carboxylic acids is 1. The first-order valence-electron chi connectivity index (χ1n) is 10.5. The smallest absolute Gasteiger partial charge is 0.338 e. The zero-order valence-corrected chi connectivity index (χ0v) is 19.4. The summed E-state index contributed by atoms with van der Waals surface area (Å²) in [6, 6.07) is 17.5. The molecule has 0 aliphatic carbocycles. The van der Waals surface area contributed by atoms with E-state index in [1.165, 1.54) is 15.9 Å². The van der Waals surface area contributed by atoms with Crippen LogP contribution in [-0.2, 0) is 9.53 Å². The molecule has 0 fully saturated rings. The summed E-state index contributed by atoms with van der Waals surface area (Å²) in [7, 11) is 0. The second-order valence-electron chi connectivity index (χ2n) is 7.86. The zero-order chi connectivity index (χ0) is 23.7. The van der Waals surface area contributed by atoms with Crippen LogP contribution in [0.1, 0.15) is 35.1 Å². The maximum absolute atomic E-state index is 13.3. The number of thiazole rings is 1. The zero-order valence-electron chi connectivity index (χ0n) is 18.6. The number of carbonyl (C=O) groups is 1. The lowest BCUT2D eigenvalue weighted by Crippen LogP contribution is -2.40. The summed E-state index contributed by atoms with van der Waals surface area (Å²) in [6.45, 7) is 5.83. The molecular formula is C26H23N3O3S. The molecule has 0 saturated heterocycles. The molecular weight excluding hydrogens is 434 g/mol. The van der Waals surface area contributed by atoms with Crippen molar-refractivity contribution in [3.63, 3.8) is 0 Å². The fourth-order valence-corrected chi connectivity index (χ4v) is 5.03. The van der Waals surface area contributed by atoms with Gasteiger partial charge in [-0.1, -0.05) is 59.7 Å². The predicted molar refractivity (Wildman–Crippen MR) is 130 cm³/mol. The summed E-state index contributed by atoms with van der Waals surface area (Å²) in [6.07, 6.45) is 1.76. The minimum absolute atomic E-state index is 0.0379. The highest BCUT2D eigenvalue weighted by Gasteiger charge is 2.36. The van der Waals surface area contributed by atoms with Crippen molar-refractivity contribution < 1.29 is 9.53 Å². The average molecular weight is 458 g/mol. The van der Waals surface area contributed by atoms with Gasteiger partial charge in [0.25, 0.3) is 5.56 Å². The van der Waals surface area contributed by atoms with Gasteiger partial charge in [-0.2, -0.15) is 5.26 Å². The van der Waals surface area contributed by atoms with Crippen LogP contribution in [-0.4, -0.2) is 17.1 Å². The lowest BCUT2D eigenvalue weighted by Gasteiger charge is -2.24. The van der Waals surface area contributed by atoms with Crippen molar-refractivity contribution in [2.75, 3.05) is 6.61 Å². The van der Waals surface area contributed by atoms with E-state index in [0.717, 1.165) is 22.3 Å². The van der Waals surface area contributed by atoms with Gasteiger partial charge in [0.15, 0.2) is 0 Å². The van der Waals surface area contributed by atoms with Crippen LogP contribution in [0.25, 0.3) is 17.5 Å². The number of hydrogen-bond acceptors (Lipinski definition) is 6. The number of nitrogens with two attached hydrogens (primary N) is 1. The summed E-state index contributed by atoms with van der Waals surface area (Å²) in [4.78, 5) is 26.5. The number of benzene rings is 2. The highest BCUT2D eigenvalue weighted by Crippen LogP contribution is 2.36. The number of allylic oxidation sites excluding steroid dienone is 1. The first-order valence-corrected chi connectivity index (χ1v) is 11.4. The highest BCUT2D eigenvalue weighted by molar-refractivity contribution is 7.07. The number of ether oxygens (including phenoxy) is 1. The van der Waals surface area contributed by atoms with E-state index in [4.69, 9.17) is 10.5 Å². The van der Waals surface area contributed by atoms with Gasteiger partial charge in [0.1, 0.15) is 10.5 Å². The second kappa shape index (κ2) is 8.93. The van der Waals surface area contributed by atoms with E-state index < -0.39 is 11.9 Å². The first kappa shape index (κ1) is 22.3. The molecule has 0 saturated carbocycles. The van der Waals surface area contributed by atoms with E-state index in [0.29, 0.717) is 9.20 Å². The number of aromatic nitrogens is 1. The molecule has 0 spiro atoms. The van der Waals surface area contributed by atoms with Crippen LogP contribution in [0.5, 0.6) is 0 Å². The van der Waals surface area contributed by atoms with Crippen molar-refractivity contribution >= 4 is 34.8 Å². The van der Waals surface area contributed by atoms with Crippen molar-refractivity contribution in [2.45, 2.75) is 26.7 Å². The summed E-state index contributed by atoms with van der Waals surface area (Å²) < 4.78 is 7.42. The Balaban J connectivity index is 2.08. The lowest BCUT2D eigenvalue weighted by atomic mass is 9.83. The SMILES string of the molecule is CCOC(=O)C1=c2s/c(=C/c3ccc(C)cc3)c(=O)n2C(N)=C(C#N)[C@@H]1c1ccc(C)cc1. The van der Waals surface area contributed by atoms with Crippen LogP contribution >= 0.6 is 11.3 Å². The van der Waals surface area contributed by atoms with Crippen LogP contribution < -0.4 is 20.5 Å². The van der Waals surface area contributed by atoms with E-state index in [-0.39, 0.29) is 29.1 Å². The number of aryl methyl sites for hydroxylation is 2. The summed E-state index contributed by atoms with van der Waals surface area (Å²) in [5, 5.41) is 9.99. The molecule has 3 aromatic rings. The number of esters is 1. The van der Waals surface area contributed by atoms with E-state index in [1.54, 1.807) is 13.0 Å². The van der Waals surface area contributed by atoms with Gasteiger partial charge in [0.05, 0.1) is 34.3 Å². The molecule has 1 aliphatic heterocycles. The van der Waals surface area contributed by atoms with Gasteiger partial charge in [0, 0.05) is 0 Å². The highest BCUT2D eigenvalue weighted by atomic mass is 32.1. The minimum Gasteiger partial charge on any atom is -0.463 e. The molecule has 0 unspecified atom stereocenters. The largest absolute Gasteiger partial charge is 0.463 e. The third-order valence-electron chi connectivity index (χ3n) is 5.55. The van der Waals surface area contributed by atoms with E-state index in [9.17, 15) is 14.9 Å². The van der Waals surface area contributed by atoms with Crippen LogP contribution in [0.15, 0.2) is 58.9 Å². The van der Waals surface area contributed by atoms with Crippen molar-refractivity contribution in [3.05, 3.63) is 95.9 Å². The molecule has 6 nitrogen and oxygen atoms in total. The molecule has 2 heterocycles. The Morgan fingerprint density at radius 2 is 1.76 bits per heavy atom. The fraction of sp³-hybridized carbons (Fsp3) is 0.192. The normalized spacial score (nSPS) is 15.9. The summed E-state index contributed by atoms with van der Waals surface area (Å²) >= 11 is 1.17. The molecule has 2 aromatic carbocycles. The molecule has 7 heteroatoms. The average Bonchev–Trinajstić information content (AvgIpc) is 3.11. The van der Waals surface area contributed by atoms with Crippen molar-refractivity contribution in [2.24, 2.45) is 5.73 Å². The quantitative estimate of drug-likeness (QED) is 0.607. The number of rotatable bonds is 4. The second-order valence-corrected chi connectivity index (χ2v) is 8.89. The Hall–Kier alpha value is -3.89. The number of nitrogens with zero attached hydrogens (tertiary/aromatic N) is 2. The molecule has 0 bridgehead atoms. The summed E-state index contributed by atoms with van der Waals surface area (Å²) in [5.74, 6) is -1.25. The van der Waals surface area contributed by atoms with E-state index in [1.807, 2.05) is 62.4 Å². The Kier molecular flexibility index (Phi) is 6.03. The molecule has 0 amide bonds. The number of nitriles is 1. The topological polar surface area (TPSA) is 98.1 Å². The van der Waals surface area contributed by atoms with Crippen LogP contribution in [0.4, 0.5) is 0 Å². The molecule has 1 aromatic heterocycles. The maximum atomic E-state index is 13.3. The van der Waals surface area contributed by atoms with Gasteiger partial charge in [-0.15, -0.1) is 11.3 Å². The Bertz CT molecular complexity index is 1480. The van der Waals surface area contributed by atoms with E-state index in [2.05, 4.69) is 6.07 Å². The molecule has 4 rings (SSSR count).